The summed E-state index contributed by atoms with van der Waals surface area (Å²) >= 11 is 0. The number of nitrogens with two attached hydrogens (primary N) is 1. The first-order valence-electron chi connectivity index (χ1n) is 5.88. The Kier molecular flexibility index (Phi) is 3.50. The molecular formula is C11H17N5O2. The lowest BCUT2D eigenvalue weighted by Crippen LogP contribution is -2.13. The number of nitrogen functional groups attached to an aromatic ring is 1. The van der Waals surface area contributed by atoms with Crippen molar-refractivity contribution in [1.29, 1.82) is 0 Å². The van der Waals surface area contributed by atoms with Crippen molar-refractivity contribution in [3.05, 3.63) is 0 Å². The maximum Gasteiger partial charge on any atom is 0.320 e. The molecular weight excluding hydrogens is 234 g/mol. The van der Waals surface area contributed by atoms with Gasteiger partial charge in [0.2, 0.25) is 0 Å². The van der Waals surface area contributed by atoms with E-state index in [1.807, 2.05) is 6.92 Å². The molecule has 0 aliphatic rings. The smallest absolute Gasteiger partial charge is 0.320 e. The lowest BCUT2D eigenvalue weighted by molar-refractivity contribution is 0.193. The van der Waals surface area contributed by atoms with E-state index in [4.69, 9.17) is 15.2 Å². The molecule has 3 N–H and O–H groups in total. The number of H-pyrrole nitrogens is 1. The minimum Gasteiger partial charge on any atom is -0.468 e. The number of methoxy groups -OCH3 is 1. The molecule has 0 bridgehead atoms. The van der Waals surface area contributed by atoms with Gasteiger partial charge in [0.05, 0.1) is 13.2 Å². The van der Waals surface area contributed by atoms with Crippen molar-refractivity contribution < 1.29 is 9.47 Å². The summed E-state index contributed by atoms with van der Waals surface area (Å²) in [6, 6.07) is 0.608. The second-order valence-corrected chi connectivity index (χ2v) is 4.05. The van der Waals surface area contributed by atoms with Crippen molar-refractivity contribution in [2.45, 2.75) is 32.8 Å². The number of ether oxygens (including phenoxy) is 2. The van der Waals surface area contributed by atoms with Crippen LogP contribution in [0.15, 0.2) is 0 Å². The number of hydrogen-bond donors (Lipinski definition) is 2. The number of hydrogen-bond acceptors (Lipinski definition) is 6. The zero-order valence-electron chi connectivity index (χ0n) is 10.7. The van der Waals surface area contributed by atoms with E-state index in [1.165, 1.54) is 7.11 Å². The summed E-state index contributed by atoms with van der Waals surface area (Å²) in [6.07, 6.45) is 2.03. The minimum atomic E-state index is 0.0525. The Morgan fingerprint density at radius 1 is 1.33 bits per heavy atom. The normalized spacial score (nSPS) is 12.6. The van der Waals surface area contributed by atoms with Gasteiger partial charge >= 0.3 is 6.01 Å². The molecule has 0 amide bonds. The summed E-state index contributed by atoms with van der Waals surface area (Å²) < 4.78 is 10.6. The van der Waals surface area contributed by atoms with Gasteiger partial charge in [-0.3, -0.25) is 4.98 Å². The van der Waals surface area contributed by atoms with Crippen LogP contribution in [0.5, 0.6) is 12.0 Å². The Bertz CT molecular complexity index is 539. The predicted molar refractivity (Wildman–Crippen MR) is 67.6 cm³/mol. The Balaban J connectivity index is 2.30. The quantitative estimate of drug-likeness (QED) is 0.835. The van der Waals surface area contributed by atoms with Crippen LogP contribution in [0, 0.1) is 0 Å². The van der Waals surface area contributed by atoms with Crippen LogP contribution in [0.2, 0.25) is 0 Å². The average Bonchev–Trinajstić information content (AvgIpc) is 2.72. The Morgan fingerprint density at radius 2 is 2.11 bits per heavy atom. The number of fused-ring (bicyclic) bond motifs is 1. The van der Waals surface area contributed by atoms with E-state index in [2.05, 4.69) is 26.9 Å². The first-order valence-corrected chi connectivity index (χ1v) is 5.88. The molecule has 2 aromatic heterocycles. The largest absolute Gasteiger partial charge is 0.468 e. The lowest BCUT2D eigenvalue weighted by atomic mass is 10.2. The number of rotatable bonds is 5. The molecule has 18 heavy (non-hydrogen) atoms. The molecule has 0 aliphatic carbocycles. The summed E-state index contributed by atoms with van der Waals surface area (Å²) in [5, 5.41) is 0. The van der Waals surface area contributed by atoms with Gasteiger partial charge in [-0.25, -0.2) is 0 Å². The number of nitrogens with one attached hydrogen (secondary N) is 1. The molecule has 0 saturated heterocycles. The van der Waals surface area contributed by atoms with Crippen LogP contribution in [0.4, 0.5) is 5.82 Å². The zero-order chi connectivity index (χ0) is 13.1. The van der Waals surface area contributed by atoms with Crippen molar-refractivity contribution in [1.82, 2.24) is 19.9 Å². The molecule has 0 aromatic carbocycles. The molecule has 2 aromatic rings. The Morgan fingerprint density at radius 3 is 2.78 bits per heavy atom. The molecule has 0 spiro atoms. The van der Waals surface area contributed by atoms with E-state index >= 15 is 0 Å². The van der Waals surface area contributed by atoms with Crippen LogP contribution in [0.3, 0.4) is 0 Å². The van der Waals surface area contributed by atoms with Crippen LogP contribution in [-0.4, -0.2) is 33.1 Å². The molecule has 0 fully saturated rings. The Labute approximate surface area is 105 Å². The lowest BCUT2D eigenvalue weighted by Gasteiger charge is -2.11. The fourth-order valence-electron chi connectivity index (χ4n) is 1.67. The van der Waals surface area contributed by atoms with E-state index in [0.29, 0.717) is 17.2 Å². The summed E-state index contributed by atoms with van der Waals surface area (Å²) in [4.78, 5) is 15.3. The highest BCUT2D eigenvalue weighted by atomic mass is 16.5. The van der Waals surface area contributed by atoms with Crippen LogP contribution < -0.4 is 15.2 Å². The van der Waals surface area contributed by atoms with Gasteiger partial charge in [-0.2, -0.15) is 15.0 Å². The Hall–Kier alpha value is -2.05. The minimum absolute atomic E-state index is 0.0525. The van der Waals surface area contributed by atoms with Gasteiger partial charge in [-0.15, -0.1) is 0 Å². The maximum absolute atomic E-state index is 5.81. The highest BCUT2D eigenvalue weighted by Crippen LogP contribution is 2.21. The number of nitrogens with zero attached hydrogens (tertiary/aromatic N) is 3. The van der Waals surface area contributed by atoms with E-state index in [-0.39, 0.29) is 17.9 Å². The van der Waals surface area contributed by atoms with Gasteiger partial charge in [0.15, 0.2) is 17.0 Å². The van der Waals surface area contributed by atoms with Crippen molar-refractivity contribution in [3.8, 4) is 12.0 Å². The first-order chi connectivity index (χ1) is 8.63. The number of imidazole rings is 1. The first kappa shape index (κ1) is 12.4. The molecule has 7 nitrogen and oxygen atoms in total. The average molecular weight is 251 g/mol. The monoisotopic (exact) mass is 251 g/mol. The van der Waals surface area contributed by atoms with Crippen molar-refractivity contribution in [2.24, 2.45) is 0 Å². The molecule has 1 atom stereocenters. The van der Waals surface area contributed by atoms with Crippen LogP contribution in [-0.2, 0) is 0 Å². The van der Waals surface area contributed by atoms with Gasteiger partial charge in [0, 0.05) is 0 Å². The summed E-state index contributed by atoms with van der Waals surface area (Å²) in [7, 11) is 1.52. The van der Waals surface area contributed by atoms with Crippen LogP contribution in [0.1, 0.15) is 26.7 Å². The molecule has 2 heterocycles. The predicted octanol–water partition coefficient (Wildman–Crippen LogP) is 1.51. The summed E-state index contributed by atoms with van der Waals surface area (Å²) in [6.45, 7) is 4.07. The highest BCUT2D eigenvalue weighted by molar-refractivity contribution is 5.82. The second-order valence-electron chi connectivity index (χ2n) is 4.05. The van der Waals surface area contributed by atoms with Gasteiger partial charge in [0.25, 0.3) is 6.01 Å². The maximum atomic E-state index is 5.81. The number of aromatic amines is 1. The second kappa shape index (κ2) is 5.07. The third-order valence-electron chi connectivity index (χ3n) is 2.52. The number of anilines is 1. The third kappa shape index (κ3) is 2.44. The van der Waals surface area contributed by atoms with Crippen LogP contribution in [0.25, 0.3) is 11.2 Å². The molecule has 0 unspecified atom stereocenters. The van der Waals surface area contributed by atoms with Crippen LogP contribution >= 0.6 is 0 Å². The fraction of sp³-hybridized carbons (Fsp3) is 0.545. The van der Waals surface area contributed by atoms with Crippen molar-refractivity contribution in [2.75, 3.05) is 12.8 Å². The summed E-state index contributed by atoms with van der Waals surface area (Å²) in [5.41, 5.74) is 6.81. The highest BCUT2D eigenvalue weighted by Gasteiger charge is 2.13. The van der Waals surface area contributed by atoms with E-state index in [0.717, 1.165) is 12.8 Å². The third-order valence-corrected chi connectivity index (χ3v) is 2.52. The molecule has 0 saturated carbocycles. The van der Waals surface area contributed by atoms with Gasteiger partial charge in [-0.1, -0.05) is 13.3 Å². The number of aromatic nitrogens is 4. The molecule has 2 rings (SSSR count). The molecule has 98 valence electrons. The fourth-order valence-corrected chi connectivity index (χ4v) is 1.67. The molecule has 0 radical (unpaired) electrons. The molecule has 7 heteroatoms. The SMILES string of the molecule is CCC[C@H](C)Oc1nc(N)c2nc(OC)[nH]c2n1. The molecule has 0 aliphatic heterocycles. The van der Waals surface area contributed by atoms with Gasteiger partial charge in [0.1, 0.15) is 0 Å². The summed E-state index contributed by atoms with van der Waals surface area (Å²) in [5.74, 6) is 0.276. The van der Waals surface area contributed by atoms with Crippen molar-refractivity contribution in [3.63, 3.8) is 0 Å². The van der Waals surface area contributed by atoms with E-state index in [1.54, 1.807) is 0 Å². The van der Waals surface area contributed by atoms with Gasteiger partial charge in [-0.05, 0) is 13.3 Å². The zero-order valence-corrected chi connectivity index (χ0v) is 10.7. The van der Waals surface area contributed by atoms with E-state index < -0.39 is 0 Å². The van der Waals surface area contributed by atoms with E-state index in [9.17, 15) is 0 Å². The topological polar surface area (TPSA) is 98.9 Å². The standard InChI is InChI=1S/C11H17N5O2/c1-4-5-6(2)18-11-14-8(12)7-9(16-11)15-10(13-7)17-3/h6H,4-5H2,1-3H3,(H3,12,13,14,15,16)/t6-/m0/s1. The van der Waals surface area contributed by atoms with Crippen molar-refractivity contribution >= 4 is 17.0 Å². The van der Waals surface area contributed by atoms with Gasteiger partial charge < -0.3 is 15.2 Å².